The summed E-state index contributed by atoms with van der Waals surface area (Å²) in [6.45, 7) is 0. The number of nitro groups is 1. The van der Waals surface area contributed by atoms with Crippen molar-refractivity contribution in [2.45, 2.75) is 0 Å². The molecule has 0 saturated carbocycles. The lowest BCUT2D eigenvalue weighted by Gasteiger charge is -1.88. The Bertz CT molecular complexity index is 264. The summed E-state index contributed by atoms with van der Waals surface area (Å²) >= 11 is 1.92. The summed E-state index contributed by atoms with van der Waals surface area (Å²) in [4.78, 5) is 13.1. The summed E-state index contributed by atoms with van der Waals surface area (Å²) < 4.78 is 0.645. The van der Waals surface area contributed by atoms with E-state index in [1.807, 2.05) is 22.6 Å². The van der Waals surface area contributed by atoms with Gasteiger partial charge in [-0.1, -0.05) is 0 Å². The summed E-state index contributed by atoms with van der Waals surface area (Å²) in [6.07, 6.45) is 3.73. The molecule has 0 aliphatic carbocycles. The van der Waals surface area contributed by atoms with Gasteiger partial charge in [-0.25, -0.2) is 4.98 Å². The molecule has 10 heavy (non-hydrogen) atoms. The Morgan fingerprint density at radius 3 is 2.90 bits per heavy atom. The topological polar surface area (TPSA) is 56.0 Å². The van der Waals surface area contributed by atoms with E-state index in [2.05, 4.69) is 11.2 Å². The van der Waals surface area contributed by atoms with Crippen molar-refractivity contribution in [3.8, 4) is 0 Å². The third kappa shape index (κ3) is 1.63. The normalized spacial score (nSPS) is 9.30. The van der Waals surface area contributed by atoms with Gasteiger partial charge in [0.2, 0.25) is 0 Å². The lowest BCUT2D eigenvalue weighted by molar-refractivity contribution is -0.385. The van der Waals surface area contributed by atoms with Gasteiger partial charge in [-0.05, 0) is 22.6 Å². The highest BCUT2D eigenvalue weighted by atomic mass is 127. The first kappa shape index (κ1) is 7.39. The molecular formula is C5H2IN2O2. The molecule has 4 nitrogen and oxygen atoms in total. The van der Waals surface area contributed by atoms with Gasteiger partial charge in [0.05, 0.1) is 4.92 Å². The van der Waals surface area contributed by atoms with E-state index in [0.717, 1.165) is 0 Å². The van der Waals surface area contributed by atoms with Crippen LogP contribution < -0.4 is 0 Å². The van der Waals surface area contributed by atoms with Crippen molar-refractivity contribution in [2.24, 2.45) is 0 Å². The molecule has 0 atom stereocenters. The first-order valence-corrected chi connectivity index (χ1v) is 3.45. The van der Waals surface area contributed by atoms with Gasteiger partial charge in [0.25, 0.3) is 5.69 Å². The van der Waals surface area contributed by atoms with Crippen LogP contribution in [0.5, 0.6) is 0 Å². The van der Waals surface area contributed by atoms with Crippen LogP contribution in [-0.2, 0) is 0 Å². The fourth-order valence-electron chi connectivity index (χ4n) is 0.459. The minimum Gasteiger partial charge on any atom is -0.258 e. The van der Waals surface area contributed by atoms with Crippen LogP contribution in [0.15, 0.2) is 12.3 Å². The zero-order valence-corrected chi connectivity index (χ0v) is 6.90. The van der Waals surface area contributed by atoms with Gasteiger partial charge < -0.3 is 0 Å². The minimum absolute atomic E-state index is 0.00292. The number of pyridine rings is 1. The largest absolute Gasteiger partial charge is 0.288 e. The summed E-state index contributed by atoms with van der Waals surface area (Å²) in [5.41, 5.74) is 0.00292. The van der Waals surface area contributed by atoms with Crippen LogP contribution in [-0.4, -0.2) is 9.91 Å². The molecule has 1 heterocycles. The van der Waals surface area contributed by atoms with Crippen molar-refractivity contribution in [1.82, 2.24) is 4.98 Å². The van der Waals surface area contributed by atoms with Crippen molar-refractivity contribution >= 4 is 28.3 Å². The minimum atomic E-state index is -0.483. The second-order valence-corrected chi connectivity index (χ2v) is 2.71. The van der Waals surface area contributed by atoms with E-state index in [1.54, 1.807) is 0 Å². The lowest BCUT2D eigenvalue weighted by atomic mass is 10.4. The predicted octanol–water partition coefficient (Wildman–Crippen LogP) is 1.39. The second kappa shape index (κ2) is 2.91. The molecule has 0 aromatic carbocycles. The standard InChI is InChI=1S/C5H2IN2O2/c6-4-1-5(8(9)10)3-7-2-4/h1,3H. The summed E-state index contributed by atoms with van der Waals surface area (Å²) in [5, 5.41) is 10.1. The van der Waals surface area contributed by atoms with Crippen LogP contribution in [0, 0.1) is 19.9 Å². The number of nitrogens with zero attached hydrogens (tertiary/aromatic N) is 2. The Hall–Kier alpha value is -0.720. The number of halogens is 1. The molecule has 0 N–H and O–H groups in total. The van der Waals surface area contributed by atoms with E-state index < -0.39 is 4.92 Å². The Balaban J connectivity index is 3.07. The van der Waals surface area contributed by atoms with Crippen LogP contribution in [0.25, 0.3) is 0 Å². The third-order valence-electron chi connectivity index (χ3n) is 0.854. The number of rotatable bonds is 1. The van der Waals surface area contributed by atoms with E-state index >= 15 is 0 Å². The van der Waals surface area contributed by atoms with Gasteiger partial charge in [-0.15, -0.1) is 0 Å². The van der Waals surface area contributed by atoms with Gasteiger partial charge >= 0.3 is 0 Å². The van der Waals surface area contributed by atoms with Gasteiger partial charge in [0.1, 0.15) is 12.4 Å². The quantitative estimate of drug-likeness (QED) is 0.429. The third-order valence-corrected chi connectivity index (χ3v) is 1.41. The van der Waals surface area contributed by atoms with Crippen molar-refractivity contribution < 1.29 is 4.92 Å². The van der Waals surface area contributed by atoms with E-state index in [9.17, 15) is 10.1 Å². The Labute approximate surface area is 70.6 Å². The molecule has 51 valence electrons. The average molecular weight is 249 g/mol. The van der Waals surface area contributed by atoms with Crippen LogP contribution in [0.2, 0.25) is 0 Å². The van der Waals surface area contributed by atoms with Crippen LogP contribution in [0.4, 0.5) is 5.69 Å². The molecular weight excluding hydrogens is 247 g/mol. The fraction of sp³-hybridized carbons (Fsp3) is 0. The monoisotopic (exact) mass is 249 g/mol. The maximum absolute atomic E-state index is 10.1. The van der Waals surface area contributed by atoms with E-state index in [0.29, 0.717) is 3.57 Å². The molecule has 1 aromatic heterocycles. The van der Waals surface area contributed by atoms with Crippen molar-refractivity contribution in [1.29, 1.82) is 0 Å². The lowest BCUT2D eigenvalue weighted by Crippen LogP contribution is -1.89. The molecule has 5 heteroatoms. The highest BCUT2D eigenvalue weighted by Crippen LogP contribution is 2.11. The maximum Gasteiger partial charge on any atom is 0.288 e. The Morgan fingerprint density at radius 1 is 1.80 bits per heavy atom. The molecule has 0 aliphatic heterocycles. The van der Waals surface area contributed by atoms with Crippen LogP contribution >= 0.6 is 22.6 Å². The predicted molar refractivity (Wildman–Crippen MR) is 42.4 cm³/mol. The van der Waals surface area contributed by atoms with Gasteiger partial charge in [0, 0.05) is 9.64 Å². The van der Waals surface area contributed by atoms with Gasteiger partial charge in [-0.2, -0.15) is 0 Å². The smallest absolute Gasteiger partial charge is 0.258 e. The molecule has 0 fully saturated rings. The van der Waals surface area contributed by atoms with Crippen molar-refractivity contribution in [2.75, 3.05) is 0 Å². The van der Waals surface area contributed by atoms with Crippen LogP contribution in [0.3, 0.4) is 0 Å². The van der Waals surface area contributed by atoms with Gasteiger partial charge in [-0.3, -0.25) is 10.1 Å². The first-order chi connectivity index (χ1) is 4.70. The zero-order valence-electron chi connectivity index (χ0n) is 4.74. The zero-order chi connectivity index (χ0) is 7.56. The molecule has 1 rings (SSSR count). The highest BCUT2D eigenvalue weighted by molar-refractivity contribution is 14.1. The van der Waals surface area contributed by atoms with Gasteiger partial charge in [0.15, 0.2) is 0 Å². The Morgan fingerprint density at radius 2 is 2.50 bits per heavy atom. The SMILES string of the molecule is O=[N+]([O-])c1cn[c]c(I)c1. The molecule has 0 unspecified atom stereocenters. The summed E-state index contributed by atoms with van der Waals surface area (Å²) in [6, 6.07) is 1.41. The molecule has 1 aromatic rings. The van der Waals surface area contributed by atoms with Crippen molar-refractivity contribution in [3.63, 3.8) is 0 Å². The molecule has 0 spiro atoms. The molecule has 0 bridgehead atoms. The molecule has 0 saturated heterocycles. The highest BCUT2D eigenvalue weighted by Gasteiger charge is 2.04. The molecule has 0 amide bonds. The first-order valence-electron chi connectivity index (χ1n) is 2.38. The summed E-state index contributed by atoms with van der Waals surface area (Å²) in [7, 11) is 0. The number of aromatic nitrogens is 1. The second-order valence-electron chi connectivity index (χ2n) is 1.54. The van der Waals surface area contributed by atoms with E-state index in [1.165, 1.54) is 12.3 Å². The molecule has 0 aliphatic rings. The number of hydrogen-bond acceptors (Lipinski definition) is 3. The van der Waals surface area contributed by atoms with E-state index in [-0.39, 0.29) is 5.69 Å². The summed E-state index contributed by atoms with van der Waals surface area (Å²) in [5.74, 6) is 0. The maximum atomic E-state index is 10.1. The number of hydrogen-bond donors (Lipinski definition) is 0. The average Bonchev–Trinajstić information content (AvgIpc) is 1.88. The van der Waals surface area contributed by atoms with E-state index in [4.69, 9.17) is 0 Å². The van der Waals surface area contributed by atoms with Crippen molar-refractivity contribution in [3.05, 3.63) is 32.1 Å². The van der Waals surface area contributed by atoms with Crippen LogP contribution in [0.1, 0.15) is 0 Å². The molecule has 1 radical (unpaired) electrons. The Kier molecular flexibility index (Phi) is 2.15. The fourth-order valence-corrected chi connectivity index (χ4v) is 0.918.